The molecule has 0 saturated carbocycles. The quantitative estimate of drug-likeness (QED) is 0.834. The highest BCUT2D eigenvalue weighted by Crippen LogP contribution is 2.19. The molecule has 0 amide bonds. The smallest absolute Gasteiger partial charge is 0.354 e. The number of carboxylic acid groups (broad SMARTS) is 1. The summed E-state index contributed by atoms with van der Waals surface area (Å²) in [7, 11) is 3.92. The second-order valence-corrected chi connectivity index (χ2v) is 3.77. The lowest BCUT2D eigenvalue weighted by molar-refractivity contribution is 0.0691. The van der Waals surface area contributed by atoms with Crippen molar-refractivity contribution in [3.8, 4) is 0 Å². The standard InChI is InChI=1S/C12H12N2O2/c1-14(2)9-4-6-10-8(7-9)3-5-11(13-10)12(15)16/h3-7H,1-2H3,(H,15,16). The number of fused-ring (bicyclic) bond motifs is 1. The molecular weight excluding hydrogens is 204 g/mol. The molecule has 4 heteroatoms. The molecule has 0 radical (unpaired) electrons. The van der Waals surface area contributed by atoms with Gasteiger partial charge in [0.05, 0.1) is 5.52 Å². The Morgan fingerprint density at radius 1 is 1.25 bits per heavy atom. The van der Waals surface area contributed by atoms with Crippen LogP contribution in [0.25, 0.3) is 10.9 Å². The zero-order chi connectivity index (χ0) is 11.7. The molecule has 2 rings (SSSR count). The molecule has 16 heavy (non-hydrogen) atoms. The van der Waals surface area contributed by atoms with Gasteiger partial charge in [0.1, 0.15) is 5.69 Å². The zero-order valence-corrected chi connectivity index (χ0v) is 9.14. The molecule has 0 spiro atoms. The average molecular weight is 216 g/mol. The summed E-state index contributed by atoms with van der Waals surface area (Å²) in [4.78, 5) is 16.8. The van der Waals surface area contributed by atoms with Crippen LogP contribution in [0.1, 0.15) is 10.5 Å². The molecule has 0 bridgehead atoms. The van der Waals surface area contributed by atoms with Crippen LogP contribution in [0.15, 0.2) is 30.3 Å². The maximum atomic E-state index is 10.7. The Kier molecular flexibility index (Phi) is 2.48. The van der Waals surface area contributed by atoms with Gasteiger partial charge in [-0.15, -0.1) is 0 Å². The third kappa shape index (κ3) is 1.82. The first-order valence-corrected chi connectivity index (χ1v) is 4.89. The molecule has 1 N–H and O–H groups in total. The molecule has 1 aromatic heterocycles. The van der Waals surface area contributed by atoms with E-state index in [1.165, 1.54) is 6.07 Å². The van der Waals surface area contributed by atoms with E-state index in [1.54, 1.807) is 6.07 Å². The lowest BCUT2D eigenvalue weighted by atomic mass is 10.1. The first-order valence-electron chi connectivity index (χ1n) is 4.89. The summed E-state index contributed by atoms with van der Waals surface area (Å²) in [6, 6.07) is 9.02. The Hall–Kier alpha value is -2.10. The topological polar surface area (TPSA) is 53.4 Å². The molecular formula is C12H12N2O2. The number of hydrogen-bond donors (Lipinski definition) is 1. The number of rotatable bonds is 2. The van der Waals surface area contributed by atoms with E-state index in [2.05, 4.69) is 4.98 Å². The minimum absolute atomic E-state index is 0.0742. The lowest BCUT2D eigenvalue weighted by Crippen LogP contribution is -2.08. The van der Waals surface area contributed by atoms with Gasteiger partial charge in [-0.3, -0.25) is 0 Å². The van der Waals surface area contributed by atoms with Gasteiger partial charge in [-0.25, -0.2) is 9.78 Å². The fourth-order valence-corrected chi connectivity index (χ4v) is 1.51. The molecule has 0 aliphatic rings. The molecule has 0 unspecified atom stereocenters. The number of aromatic carboxylic acids is 1. The molecule has 0 saturated heterocycles. The second kappa shape index (κ2) is 3.81. The maximum Gasteiger partial charge on any atom is 0.354 e. The van der Waals surface area contributed by atoms with Gasteiger partial charge in [-0.2, -0.15) is 0 Å². The fourth-order valence-electron chi connectivity index (χ4n) is 1.51. The highest BCUT2D eigenvalue weighted by atomic mass is 16.4. The van der Waals surface area contributed by atoms with Crippen molar-refractivity contribution in [1.82, 2.24) is 4.98 Å². The molecule has 0 aliphatic heterocycles. The number of nitrogens with zero attached hydrogens (tertiary/aromatic N) is 2. The van der Waals surface area contributed by atoms with E-state index in [4.69, 9.17) is 5.11 Å². The van der Waals surface area contributed by atoms with E-state index in [1.807, 2.05) is 37.2 Å². The molecule has 82 valence electrons. The van der Waals surface area contributed by atoms with Crippen LogP contribution in [0.3, 0.4) is 0 Å². The third-order valence-corrected chi connectivity index (χ3v) is 2.41. The molecule has 1 heterocycles. The summed E-state index contributed by atoms with van der Waals surface area (Å²) in [6.45, 7) is 0. The van der Waals surface area contributed by atoms with Gasteiger partial charge in [0.25, 0.3) is 0 Å². The van der Waals surface area contributed by atoms with Gasteiger partial charge in [0.15, 0.2) is 0 Å². The third-order valence-electron chi connectivity index (χ3n) is 2.41. The van der Waals surface area contributed by atoms with Gasteiger partial charge in [-0.05, 0) is 24.3 Å². The number of hydrogen-bond acceptors (Lipinski definition) is 3. The predicted octanol–water partition coefficient (Wildman–Crippen LogP) is 2.00. The zero-order valence-electron chi connectivity index (χ0n) is 9.14. The summed E-state index contributed by atoms with van der Waals surface area (Å²) in [5.41, 5.74) is 1.84. The Bertz CT molecular complexity index is 550. The van der Waals surface area contributed by atoms with Crippen molar-refractivity contribution < 1.29 is 9.90 Å². The Morgan fingerprint density at radius 2 is 2.00 bits per heavy atom. The minimum atomic E-state index is -1.00. The highest BCUT2D eigenvalue weighted by molar-refractivity contribution is 5.90. The molecule has 4 nitrogen and oxygen atoms in total. The van der Waals surface area contributed by atoms with Gasteiger partial charge in [0, 0.05) is 25.2 Å². The fraction of sp³-hybridized carbons (Fsp3) is 0.167. The number of anilines is 1. The normalized spacial score (nSPS) is 10.4. The van der Waals surface area contributed by atoms with Crippen LogP contribution in [-0.4, -0.2) is 30.2 Å². The number of aromatic nitrogens is 1. The van der Waals surface area contributed by atoms with Crippen LogP contribution in [0.5, 0.6) is 0 Å². The van der Waals surface area contributed by atoms with Crippen LogP contribution in [0.2, 0.25) is 0 Å². The van der Waals surface area contributed by atoms with Gasteiger partial charge < -0.3 is 10.0 Å². The van der Waals surface area contributed by atoms with E-state index in [0.29, 0.717) is 5.52 Å². The Morgan fingerprint density at radius 3 is 2.62 bits per heavy atom. The summed E-state index contributed by atoms with van der Waals surface area (Å²) in [6.07, 6.45) is 0. The summed E-state index contributed by atoms with van der Waals surface area (Å²) >= 11 is 0. The Labute approximate surface area is 93.1 Å². The van der Waals surface area contributed by atoms with Crippen LogP contribution in [-0.2, 0) is 0 Å². The second-order valence-electron chi connectivity index (χ2n) is 3.77. The first kappa shape index (κ1) is 10.4. The number of pyridine rings is 1. The van der Waals surface area contributed by atoms with Crippen LogP contribution in [0.4, 0.5) is 5.69 Å². The predicted molar refractivity (Wildman–Crippen MR) is 63.0 cm³/mol. The summed E-state index contributed by atoms with van der Waals surface area (Å²) in [5.74, 6) is -1.00. The van der Waals surface area contributed by atoms with Crippen molar-refractivity contribution in [2.75, 3.05) is 19.0 Å². The van der Waals surface area contributed by atoms with E-state index >= 15 is 0 Å². The number of carbonyl (C=O) groups is 1. The summed E-state index contributed by atoms with van der Waals surface area (Å²) < 4.78 is 0. The van der Waals surface area contributed by atoms with Crippen molar-refractivity contribution in [1.29, 1.82) is 0 Å². The molecule has 0 atom stereocenters. The summed E-state index contributed by atoms with van der Waals surface area (Å²) in [5, 5.41) is 9.76. The minimum Gasteiger partial charge on any atom is -0.477 e. The van der Waals surface area contributed by atoms with E-state index in [9.17, 15) is 4.79 Å². The van der Waals surface area contributed by atoms with Gasteiger partial charge in [0.2, 0.25) is 0 Å². The van der Waals surface area contributed by atoms with Crippen LogP contribution >= 0.6 is 0 Å². The van der Waals surface area contributed by atoms with Crippen molar-refractivity contribution in [2.45, 2.75) is 0 Å². The van der Waals surface area contributed by atoms with Crippen molar-refractivity contribution in [3.63, 3.8) is 0 Å². The van der Waals surface area contributed by atoms with Crippen molar-refractivity contribution in [3.05, 3.63) is 36.0 Å². The Balaban J connectivity index is 2.57. The van der Waals surface area contributed by atoms with Crippen molar-refractivity contribution in [2.24, 2.45) is 0 Å². The average Bonchev–Trinajstić information content (AvgIpc) is 2.27. The molecule has 0 aliphatic carbocycles. The van der Waals surface area contributed by atoms with Crippen LogP contribution in [0, 0.1) is 0 Å². The molecule has 1 aromatic carbocycles. The largest absolute Gasteiger partial charge is 0.477 e. The maximum absolute atomic E-state index is 10.7. The SMILES string of the molecule is CN(C)c1ccc2nc(C(=O)O)ccc2c1. The van der Waals surface area contributed by atoms with Crippen molar-refractivity contribution >= 4 is 22.6 Å². The van der Waals surface area contributed by atoms with Crippen LogP contribution < -0.4 is 4.90 Å². The number of benzene rings is 1. The van der Waals surface area contributed by atoms with E-state index in [-0.39, 0.29) is 5.69 Å². The van der Waals surface area contributed by atoms with Gasteiger partial charge >= 0.3 is 5.97 Å². The monoisotopic (exact) mass is 216 g/mol. The molecule has 0 fully saturated rings. The molecule has 2 aromatic rings. The van der Waals surface area contributed by atoms with E-state index in [0.717, 1.165) is 11.1 Å². The van der Waals surface area contributed by atoms with Gasteiger partial charge in [-0.1, -0.05) is 6.07 Å². The number of carboxylic acids is 1. The lowest BCUT2D eigenvalue weighted by Gasteiger charge is -2.12. The first-order chi connectivity index (χ1) is 7.58. The highest BCUT2D eigenvalue weighted by Gasteiger charge is 2.06. The van der Waals surface area contributed by atoms with E-state index < -0.39 is 5.97 Å².